The molecule has 1 fully saturated rings. The molecule has 6 nitrogen and oxygen atoms in total. The van der Waals surface area contributed by atoms with Crippen molar-refractivity contribution >= 4 is 24.2 Å². The Kier molecular flexibility index (Phi) is 7.05. The van der Waals surface area contributed by atoms with Crippen LogP contribution in [0.25, 0.3) is 0 Å². The number of hydrogen-bond donors (Lipinski definition) is 1. The highest BCUT2D eigenvalue weighted by Gasteiger charge is 2.30. The van der Waals surface area contributed by atoms with Crippen molar-refractivity contribution in [2.24, 2.45) is 5.92 Å². The molecule has 0 bridgehead atoms. The van der Waals surface area contributed by atoms with E-state index < -0.39 is 17.9 Å². The van der Waals surface area contributed by atoms with Gasteiger partial charge in [0.05, 0.1) is 17.6 Å². The Morgan fingerprint density at radius 3 is 2.67 bits per heavy atom. The van der Waals surface area contributed by atoms with Crippen LogP contribution in [0.15, 0.2) is 46.6 Å². The van der Waals surface area contributed by atoms with Gasteiger partial charge in [0, 0.05) is 5.57 Å². The van der Waals surface area contributed by atoms with Crippen LogP contribution in [0.4, 0.5) is 0 Å². The number of aldehydes is 1. The molecule has 0 aromatic carbocycles. The molecule has 0 radical (unpaired) electrons. The zero-order valence-corrected chi connectivity index (χ0v) is 15.5. The van der Waals surface area contributed by atoms with Gasteiger partial charge in [-0.3, -0.25) is 9.59 Å². The van der Waals surface area contributed by atoms with E-state index in [2.05, 4.69) is 11.3 Å². The summed E-state index contributed by atoms with van der Waals surface area (Å²) in [6, 6.07) is 0. The van der Waals surface area contributed by atoms with E-state index >= 15 is 0 Å². The van der Waals surface area contributed by atoms with Crippen LogP contribution in [-0.4, -0.2) is 29.3 Å². The first-order valence-corrected chi connectivity index (χ1v) is 9.13. The number of carbonyl (C=O) groups is 4. The van der Waals surface area contributed by atoms with E-state index in [4.69, 9.17) is 0 Å². The van der Waals surface area contributed by atoms with Gasteiger partial charge in [-0.15, -0.1) is 0 Å². The number of carboxylic acid groups (broad SMARTS) is 1. The van der Waals surface area contributed by atoms with Gasteiger partial charge in [0.2, 0.25) is 0 Å². The molecule has 144 valence electrons. The Bertz CT molecular complexity index is 766. The maximum atomic E-state index is 11.9. The molecular weight excluding hydrogens is 348 g/mol. The molecule has 1 atom stereocenters. The Morgan fingerprint density at radius 2 is 2.11 bits per heavy atom. The predicted octanol–water partition coefficient (Wildman–Crippen LogP) is 3.44. The third-order valence-electron chi connectivity index (χ3n) is 5.02. The fourth-order valence-electron chi connectivity index (χ4n) is 3.52. The Hall–Kier alpha value is -2.76. The molecule has 0 aromatic rings. The van der Waals surface area contributed by atoms with Crippen LogP contribution in [0.3, 0.4) is 0 Å². The molecule has 1 aliphatic carbocycles. The monoisotopic (exact) mass is 372 g/mol. The highest BCUT2D eigenvalue weighted by atomic mass is 16.6. The third kappa shape index (κ3) is 4.90. The van der Waals surface area contributed by atoms with Crippen LogP contribution in [0.5, 0.6) is 0 Å². The Labute approximate surface area is 158 Å². The summed E-state index contributed by atoms with van der Waals surface area (Å²) in [6.45, 7) is 5.82. The number of ether oxygens (including phenoxy) is 1. The minimum atomic E-state index is -1.10. The average molecular weight is 372 g/mol. The SMILES string of the molecule is C=C1CCC(=C2/CC(=O)OC2=O)/C=C\CCCC(CC)/C(C(=O)O)=C\1C=O. The smallest absolute Gasteiger partial charge is 0.342 e. The summed E-state index contributed by atoms with van der Waals surface area (Å²) >= 11 is 0. The highest BCUT2D eigenvalue weighted by molar-refractivity contribution is 6.06. The lowest BCUT2D eigenvalue weighted by atomic mass is 9.84. The number of carbonyl (C=O) groups excluding carboxylic acids is 3. The first-order chi connectivity index (χ1) is 12.9. The lowest BCUT2D eigenvalue weighted by molar-refractivity contribution is -0.151. The van der Waals surface area contributed by atoms with Gasteiger partial charge in [-0.05, 0) is 55.6 Å². The zero-order chi connectivity index (χ0) is 20.0. The van der Waals surface area contributed by atoms with Crippen LogP contribution in [-0.2, 0) is 23.9 Å². The van der Waals surface area contributed by atoms with Crippen molar-refractivity contribution in [1.82, 2.24) is 0 Å². The van der Waals surface area contributed by atoms with Crippen LogP contribution in [0.1, 0.15) is 51.9 Å². The maximum Gasteiger partial charge on any atom is 0.342 e. The van der Waals surface area contributed by atoms with E-state index in [1.54, 1.807) is 0 Å². The molecule has 0 saturated carbocycles. The average Bonchev–Trinajstić information content (AvgIpc) is 2.95. The first kappa shape index (κ1) is 20.6. The van der Waals surface area contributed by atoms with Crippen LogP contribution in [0, 0.1) is 5.92 Å². The van der Waals surface area contributed by atoms with Gasteiger partial charge in [-0.1, -0.05) is 25.7 Å². The molecular formula is C21H24O6. The van der Waals surface area contributed by atoms with E-state index in [0.29, 0.717) is 55.1 Å². The van der Waals surface area contributed by atoms with E-state index in [9.17, 15) is 24.3 Å². The van der Waals surface area contributed by atoms with Crippen LogP contribution < -0.4 is 0 Å². The summed E-state index contributed by atoms with van der Waals surface area (Å²) in [6.07, 6.45) is 7.65. The van der Waals surface area contributed by atoms with Gasteiger partial charge >= 0.3 is 17.9 Å². The van der Waals surface area contributed by atoms with Crippen LogP contribution in [0.2, 0.25) is 0 Å². The van der Waals surface area contributed by atoms with Gasteiger partial charge in [0.15, 0.2) is 6.29 Å². The van der Waals surface area contributed by atoms with E-state index in [1.165, 1.54) is 0 Å². The number of rotatable bonds is 3. The second-order valence-corrected chi connectivity index (χ2v) is 6.73. The minimum absolute atomic E-state index is 0.0698. The second-order valence-electron chi connectivity index (χ2n) is 6.73. The van der Waals surface area contributed by atoms with Crippen molar-refractivity contribution in [2.75, 3.05) is 0 Å². The van der Waals surface area contributed by atoms with Gasteiger partial charge in [0.1, 0.15) is 0 Å². The summed E-state index contributed by atoms with van der Waals surface area (Å²) in [4.78, 5) is 46.8. The summed E-state index contributed by atoms with van der Waals surface area (Å²) in [5, 5.41) is 9.67. The van der Waals surface area contributed by atoms with Gasteiger partial charge in [0.25, 0.3) is 0 Å². The molecule has 1 heterocycles. The number of carboxylic acids is 1. The van der Waals surface area contributed by atoms with Crippen molar-refractivity contribution in [2.45, 2.75) is 51.9 Å². The standard InChI is InChI=1S/C21H24O6/c1-3-14-7-5-4-6-8-15(16-11-18(23)27-21(16)26)10-9-13(2)17(12-22)19(14)20(24)25/h6,8,12,14H,2-5,7,9-11H2,1H3,(H,24,25)/b8-6-,16-15-,19-17+. The normalized spacial score (nSPS) is 28.9. The van der Waals surface area contributed by atoms with Crippen molar-refractivity contribution in [1.29, 1.82) is 0 Å². The lowest BCUT2D eigenvalue weighted by Crippen LogP contribution is -2.17. The van der Waals surface area contributed by atoms with Crippen molar-refractivity contribution < 1.29 is 29.0 Å². The van der Waals surface area contributed by atoms with Gasteiger partial charge in [-0.25, -0.2) is 9.59 Å². The van der Waals surface area contributed by atoms with Crippen molar-refractivity contribution in [3.63, 3.8) is 0 Å². The van der Waals surface area contributed by atoms with Crippen molar-refractivity contribution in [3.8, 4) is 0 Å². The molecule has 1 unspecified atom stereocenters. The minimum Gasteiger partial charge on any atom is -0.478 e. The largest absolute Gasteiger partial charge is 0.478 e. The highest BCUT2D eigenvalue weighted by Crippen LogP contribution is 2.31. The van der Waals surface area contributed by atoms with Gasteiger partial charge in [-0.2, -0.15) is 0 Å². The van der Waals surface area contributed by atoms with E-state index in [-0.39, 0.29) is 23.5 Å². The zero-order valence-electron chi connectivity index (χ0n) is 15.5. The number of aliphatic carboxylic acids is 1. The van der Waals surface area contributed by atoms with Crippen LogP contribution >= 0.6 is 0 Å². The molecule has 1 saturated heterocycles. The number of cyclic esters (lactones) is 2. The molecule has 27 heavy (non-hydrogen) atoms. The van der Waals surface area contributed by atoms with E-state index in [0.717, 1.165) is 6.42 Å². The van der Waals surface area contributed by atoms with Crippen molar-refractivity contribution in [3.05, 3.63) is 46.6 Å². The summed E-state index contributed by atoms with van der Waals surface area (Å²) in [7, 11) is 0. The number of esters is 2. The number of hydrogen-bond acceptors (Lipinski definition) is 5. The Balaban J connectivity index is 2.43. The molecule has 2 aliphatic rings. The number of allylic oxidation sites excluding steroid dienone is 5. The Morgan fingerprint density at radius 1 is 1.37 bits per heavy atom. The van der Waals surface area contributed by atoms with Gasteiger partial charge < -0.3 is 9.84 Å². The summed E-state index contributed by atoms with van der Waals surface area (Å²) in [5.74, 6) is -2.53. The summed E-state index contributed by atoms with van der Waals surface area (Å²) < 4.78 is 4.61. The molecule has 1 N–H and O–H groups in total. The fraction of sp³-hybridized carbons (Fsp3) is 0.429. The molecule has 0 spiro atoms. The third-order valence-corrected chi connectivity index (χ3v) is 5.02. The molecule has 1 aliphatic heterocycles. The quantitative estimate of drug-likeness (QED) is 0.353. The molecule has 0 amide bonds. The summed E-state index contributed by atoms with van der Waals surface area (Å²) in [5.41, 5.74) is 1.66. The molecule has 2 rings (SSSR count). The van der Waals surface area contributed by atoms with E-state index in [1.807, 2.05) is 19.1 Å². The fourth-order valence-corrected chi connectivity index (χ4v) is 3.52. The topological polar surface area (TPSA) is 97.7 Å². The lowest BCUT2D eigenvalue weighted by Gasteiger charge is -2.20. The second kappa shape index (κ2) is 9.26. The molecule has 0 aromatic heterocycles. The molecule has 6 heteroatoms. The predicted molar refractivity (Wildman–Crippen MR) is 98.6 cm³/mol. The maximum absolute atomic E-state index is 11.9. The first-order valence-electron chi connectivity index (χ1n) is 9.13.